The van der Waals surface area contributed by atoms with E-state index in [1.54, 1.807) is 0 Å². The summed E-state index contributed by atoms with van der Waals surface area (Å²) in [5, 5.41) is 21.9. The van der Waals surface area contributed by atoms with Crippen LogP contribution in [0.1, 0.15) is 18.0 Å². The van der Waals surface area contributed by atoms with E-state index in [1.807, 2.05) is 30.3 Å². The lowest BCUT2D eigenvalue weighted by Crippen LogP contribution is -2.26. The maximum absolute atomic E-state index is 12.2. The van der Waals surface area contributed by atoms with Crippen LogP contribution in [0, 0.1) is 32.6 Å². The first-order chi connectivity index (χ1) is 11.4. The molecule has 1 heterocycles. The number of rotatable bonds is 6. The van der Waals surface area contributed by atoms with Gasteiger partial charge in [-0.05, 0) is 18.4 Å². The maximum atomic E-state index is 12.2. The molecule has 0 N–H and O–H groups in total. The molecule has 0 aliphatic heterocycles. The van der Waals surface area contributed by atoms with Gasteiger partial charge in [0.15, 0.2) is 0 Å². The number of hydrogen-bond donors (Lipinski definition) is 0. The highest BCUT2D eigenvalue weighted by Crippen LogP contribution is 2.20. The van der Waals surface area contributed by atoms with Crippen LogP contribution in [0.4, 0.5) is 11.4 Å². The van der Waals surface area contributed by atoms with E-state index < -0.39 is 32.8 Å². The highest BCUT2D eigenvalue weighted by atomic mass is 16.6. The monoisotopic (exact) mass is 327 g/mol. The predicted octanol–water partition coefficient (Wildman–Crippen LogP) is 2.47. The Balaban J connectivity index is 2.40. The van der Waals surface area contributed by atoms with Gasteiger partial charge in [-0.1, -0.05) is 36.3 Å². The summed E-state index contributed by atoms with van der Waals surface area (Å²) in [7, 11) is 0. The third-order valence-corrected chi connectivity index (χ3v) is 3.49. The largest absolute Gasteiger partial charge is 0.341 e. The van der Waals surface area contributed by atoms with Gasteiger partial charge in [0.25, 0.3) is 5.69 Å². The van der Waals surface area contributed by atoms with Gasteiger partial charge in [-0.15, -0.1) is 6.42 Å². The summed E-state index contributed by atoms with van der Waals surface area (Å²) < 4.78 is 0.888. The van der Waals surface area contributed by atoms with Crippen LogP contribution in [0.3, 0.4) is 0 Å². The zero-order chi connectivity index (χ0) is 17.7. The molecule has 1 unspecified atom stereocenters. The van der Waals surface area contributed by atoms with Crippen LogP contribution in [-0.2, 0) is 6.42 Å². The molecule has 0 saturated carbocycles. The molecule has 2 aromatic rings. The standard InChI is InChI=1S/C16H13N3O5/c1-2-13(9-8-12-6-4-3-5-7-12)17-11-14(18(21)22)10-15(16(17)20)19(23)24/h1,3-7,10-11,13H,8-9H2. The van der Waals surface area contributed by atoms with Gasteiger partial charge < -0.3 is 0 Å². The molecular formula is C16H13N3O5. The van der Waals surface area contributed by atoms with Gasteiger partial charge in [0.1, 0.15) is 6.07 Å². The van der Waals surface area contributed by atoms with E-state index in [2.05, 4.69) is 5.92 Å². The molecule has 0 radical (unpaired) electrons. The molecule has 0 spiro atoms. The first kappa shape index (κ1) is 16.9. The van der Waals surface area contributed by atoms with Crippen molar-refractivity contribution >= 4 is 11.4 Å². The van der Waals surface area contributed by atoms with Crippen molar-refractivity contribution in [2.45, 2.75) is 18.9 Å². The van der Waals surface area contributed by atoms with Crippen LogP contribution in [0.25, 0.3) is 0 Å². The van der Waals surface area contributed by atoms with Gasteiger partial charge in [-0.2, -0.15) is 0 Å². The minimum Gasteiger partial charge on any atom is -0.288 e. The van der Waals surface area contributed by atoms with E-state index in [0.717, 1.165) is 16.3 Å². The predicted molar refractivity (Wildman–Crippen MR) is 86.6 cm³/mol. The van der Waals surface area contributed by atoms with E-state index >= 15 is 0 Å². The summed E-state index contributed by atoms with van der Waals surface area (Å²) >= 11 is 0. The highest BCUT2D eigenvalue weighted by Gasteiger charge is 2.24. The third-order valence-electron chi connectivity index (χ3n) is 3.49. The maximum Gasteiger partial charge on any atom is 0.341 e. The summed E-state index contributed by atoms with van der Waals surface area (Å²) in [6.45, 7) is 0. The van der Waals surface area contributed by atoms with Crippen LogP contribution >= 0.6 is 0 Å². The number of nitrogens with zero attached hydrogens (tertiary/aromatic N) is 3. The van der Waals surface area contributed by atoms with Crippen molar-refractivity contribution in [1.82, 2.24) is 4.57 Å². The Morgan fingerprint density at radius 3 is 2.38 bits per heavy atom. The molecule has 24 heavy (non-hydrogen) atoms. The summed E-state index contributed by atoms with van der Waals surface area (Å²) in [6, 6.07) is 9.14. The molecule has 1 atom stereocenters. The van der Waals surface area contributed by atoms with E-state index in [4.69, 9.17) is 6.42 Å². The Bertz CT molecular complexity index is 868. The number of aromatic nitrogens is 1. The van der Waals surface area contributed by atoms with Crippen molar-refractivity contribution in [2.24, 2.45) is 0 Å². The Kier molecular flexibility index (Phi) is 5.06. The minimum absolute atomic E-state index is 0.318. The zero-order valence-corrected chi connectivity index (χ0v) is 12.5. The first-order valence-corrected chi connectivity index (χ1v) is 6.99. The zero-order valence-electron chi connectivity index (χ0n) is 12.5. The van der Waals surface area contributed by atoms with Gasteiger partial charge in [-0.25, -0.2) is 0 Å². The number of nitro groups is 2. The molecular weight excluding hydrogens is 314 g/mol. The van der Waals surface area contributed by atoms with Gasteiger partial charge in [0.2, 0.25) is 0 Å². The second-order valence-electron chi connectivity index (χ2n) is 5.02. The van der Waals surface area contributed by atoms with Crippen LogP contribution in [0.2, 0.25) is 0 Å². The molecule has 1 aromatic heterocycles. The lowest BCUT2D eigenvalue weighted by molar-refractivity contribution is -0.395. The Morgan fingerprint density at radius 2 is 1.83 bits per heavy atom. The van der Waals surface area contributed by atoms with Crippen LogP contribution in [-0.4, -0.2) is 14.4 Å². The van der Waals surface area contributed by atoms with Gasteiger partial charge >= 0.3 is 11.2 Å². The molecule has 1 aromatic carbocycles. The Hall–Kier alpha value is -3.47. The smallest absolute Gasteiger partial charge is 0.288 e. The lowest BCUT2D eigenvalue weighted by atomic mass is 10.1. The fourth-order valence-corrected chi connectivity index (χ4v) is 2.29. The molecule has 2 rings (SSSR count). The molecule has 0 aliphatic carbocycles. The molecule has 0 bridgehead atoms. The number of pyridine rings is 1. The summed E-state index contributed by atoms with van der Waals surface area (Å²) in [6.07, 6.45) is 7.23. The molecule has 0 amide bonds. The van der Waals surface area contributed by atoms with Crippen LogP contribution in [0.5, 0.6) is 0 Å². The quantitative estimate of drug-likeness (QED) is 0.460. The van der Waals surface area contributed by atoms with Crippen molar-refractivity contribution in [1.29, 1.82) is 0 Å². The first-order valence-electron chi connectivity index (χ1n) is 6.99. The van der Waals surface area contributed by atoms with Gasteiger partial charge in [0.05, 0.1) is 22.1 Å². The van der Waals surface area contributed by atoms with Crippen molar-refractivity contribution in [3.05, 3.63) is 78.7 Å². The average Bonchev–Trinajstić information content (AvgIpc) is 2.57. The SMILES string of the molecule is C#CC(CCc1ccccc1)n1cc([N+](=O)[O-])cc([N+](=O)[O-])c1=O. The second-order valence-corrected chi connectivity index (χ2v) is 5.02. The molecule has 0 aliphatic rings. The fraction of sp³-hybridized carbons (Fsp3) is 0.188. The Morgan fingerprint density at radius 1 is 1.17 bits per heavy atom. The van der Waals surface area contributed by atoms with Gasteiger partial charge in [-0.3, -0.25) is 29.6 Å². The Labute approximate surface area is 136 Å². The number of hydrogen-bond acceptors (Lipinski definition) is 5. The molecule has 0 fully saturated rings. The van der Waals surface area contributed by atoms with Crippen molar-refractivity contribution in [2.75, 3.05) is 0 Å². The number of terminal acetylenes is 1. The van der Waals surface area contributed by atoms with Crippen LogP contribution in [0.15, 0.2) is 47.4 Å². The van der Waals surface area contributed by atoms with E-state index in [0.29, 0.717) is 18.9 Å². The van der Waals surface area contributed by atoms with Crippen molar-refractivity contribution < 1.29 is 9.85 Å². The average molecular weight is 327 g/mol. The van der Waals surface area contributed by atoms with Crippen molar-refractivity contribution in [3.63, 3.8) is 0 Å². The number of aryl methyl sites for hydroxylation is 1. The topological polar surface area (TPSA) is 108 Å². The molecule has 8 nitrogen and oxygen atoms in total. The normalized spacial score (nSPS) is 11.5. The van der Waals surface area contributed by atoms with E-state index in [1.165, 1.54) is 0 Å². The molecule has 122 valence electrons. The summed E-state index contributed by atoms with van der Waals surface area (Å²) in [4.78, 5) is 32.4. The second kappa shape index (κ2) is 7.19. The molecule has 0 saturated heterocycles. The van der Waals surface area contributed by atoms with E-state index in [-0.39, 0.29) is 0 Å². The highest BCUT2D eigenvalue weighted by molar-refractivity contribution is 5.40. The minimum atomic E-state index is -0.957. The summed E-state index contributed by atoms with van der Waals surface area (Å²) in [5.41, 5.74) is -1.40. The lowest BCUT2D eigenvalue weighted by Gasteiger charge is -2.14. The third kappa shape index (κ3) is 3.64. The van der Waals surface area contributed by atoms with E-state index in [9.17, 15) is 25.0 Å². The fourth-order valence-electron chi connectivity index (χ4n) is 2.29. The number of benzene rings is 1. The van der Waals surface area contributed by atoms with Crippen LogP contribution < -0.4 is 5.56 Å². The molecule has 8 heteroatoms. The van der Waals surface area contributed by atoms with Gasteiger partial charge in [0, 0.05) is 0 Å². The summed E-state index contributed by atoms with van der Waals surface area (Å²) in [5.74, 6) is 2.38. The van der Waals surface area contributed by atoms with Crippen molar-refractivity contribution in [3.8, 4) is 12.3 Å².